The Labute approximate surface area is 190 Å². The zero-order chi connectivity index (χ0) is 22.8. The highest BCUT2D eigenvalue weighted by atomic mass is 16.5. The molecule has 172 valence electrons. The van der Waals surface area contributed by atoms with Crippen molar-refractivity contribution in [3.05, 3.63) is 60.2 Å². The molecule has 0 aliphatic carbocycles. The smallest absolute Gasteiger partial charge is 0.223 e. The molecule has 1 heterocycles. The molecule has 1 aliphatic heterocycles. The van der Waals surface area contributed by atoms with E-state index in [2.05, 4.69) is 27.8 Å². The summed E-state index contributed by atoms with van der Waals surface area (Å²) in [6, 6.07) is 17.9. The van der Waals surface area contributed by atoms with Crippen LogP contribution in [0.5, 0.6) is 11.5 Å². The van der Waals surface area contributed by atoms with Crippen LogP contribution in [0.2, 0.25) is 0 Å². The molecule has 0 bridgehead atoms. The fourth-order valence-electron chi connectivity index (χ4n) is 3.77. The first kappa shape index (κ1) is 23.4. The van der Waals surface area contributed by atoms with Gasteiger partial charge in [-0.05, 0) is 31.0 Å². The third kappa shape index (κ3) is 7.18. The zero-order valence-corrected chi connectivity index (χ0v) is 19.2. The average Bonchev–Trinajstić information content (AvgIpc) is 3.18. The Morgan fingerprint density at radius 1 is 1.16 bits per heavy atom. The summed E-state index contributed by atoms with van der Waals surface area (Å²) in [5.74, 6) is 2.75. The molecule has 7 nitrogen and oxygen atoms in total. The van der Waals surface area contributed by atoms with Gasteiger partial charge in [0.15, 0.2) is 5.96 Å². The van der Waals surface area contributed by atoms with Crippen LogP contribution in [-0.2, 0) is 11.2 Å². The summed E-state index contributed by atoms with van der Waals surface area (Å²) in [6.45, 7) is 4.86. The van der Waals surface area contributed by atoms with E-state index in [-0.39, 0.29) is 17.9 Å². The lowest BCUT2D eigenvalue weighted by Gasteiger charge is -2.19. The van der Waals surface area contributed by atoms with E-state index < -0.39 is 0 Å². The Morgan fingerprint density at radius 3 is 2.69 bits per heavy atom. The molecule has 0 aromatic heterocycles. The van der Waals surface area contributed by atoms with Gasteiger partial charge in [-0.25, -0.2) is 0 Å². The summed E-state index contributed by atoms with van der Waals surface area (Å²) in [5.41, 5.74) is 1.26. The fraction of sp³-hybridized carbons (Fsp3) is 0.440. The van der Waals surface area contributed by atoms with Gasteiger partial charge < -0.3 is 25.0 Å². The van der Waals surface area contributed by atoms with E-state index >= 15 is 0 Å². The summed E-state index contributed by atoms with van der Waals surface area (Å²) in [5, 5.41) is 6.64. The standard InChI is InChI=1S/C25H34N4O3/c1-19(32-23-11-7-10-22(15-23)31-3)16-27-25(26-2)28-17-21-14-24(30)29(18-21)13-12-20-8-5-4-6-9-20/h4-11,15,19,21H,12-14,16-18H2,1-3H3,(H2,26,27,28). The topological polar surface area (TPSA) is 75.2 Å². The van der Waals surface area contributed by atoms with Crippen LogP contribution in [0.4, 0.5) is 0 Å². The summed E-state index contributed by atoms with van der Waals surface area (Å²) >= 11 is 0. The summed E-state index contributed by atoms with van der Waals surface area (Å²) in [7, 11) is 3.38. The molecule has 1 fully saturated rings. The summed E-state index contributed by atoms with van der Waals surface area (Å²) < 4.78 is 11.2. The van der Waals surface area contributed by atoms with Crippen LogP contribution in [0, 0.1) is 5.92 Å². The number of likely N-dealkylation sites (tertiary alicyclic amines) is 1. The predicted octanol–water partition coefficient (Wildman–Crippen LogP) is 2.72. The monoisotopic (exact) mass is 438 g/mol. The molecule has 1 saturated heterocycles. The Kier molecular flexibility index (Phi) is 8.78. The number of carbonyl (C=O) groups is 1. The molecule has 2 unspecified atom stereocenters. The zero-order valence-electron chi connectivity index (χ0n) is 19.2. The lowest BCUT2D eigenvalue weighted by Crippen LogP contribution is -2.43. The second-order valence-electron chi connectivity index (χ2n) is 8.09. The molecule has 3 rings (SSSR count). The van der Waals surface area contributed by atoms with E-state index in [4.69, 9.17) is 9.47 Å². The number of ether oxygens (including phenoxy) is 2. The third-order valence-corrected chi connectivity index (χ3v) is 5.53. The number of nitrogens with zero attached hydrogens (tertiary/aromatic N) is 2. The molecule has 1 amide bonds. The van der Waals surface area contributed by atoms with Crippen molar-refractivity contribution < 1.29 is 14.3 Å². The fourth-order valence-corrected chi connectivity index (χ4v) is 3.77. The van der Waals surface area contributed by atoms with Gasteiger partial charge in [-0.15, -0.1) is 0 Å². The van der Waals surface area contributed by atoms with Crippen molar-refractivity contribution in [1.29, 1.82) is 0 Å². The molecular weight excluding hydrogens is 404 g/mol. The SMILES string of the molecule is CN=C(NCC1CC(=O)N(CCc2ccccc2)C1)NCC(C)Oc1cccc(OC)c1. The number of hydrogen-bond donors (Lipinski definition) is 2. The molecule has 7 heteroatoms. The highest BCUT2D eigenvalue weighted by Crippen LogP contribution is 2.20. The van der Waals surface area contributed by atoms with Gasteiger partial charge in [0, 0.05) is 45.1 Å². The molecule has 2 aromatic carbocycles. The van der Waals surface area contributed by atoms with Crippen LogP contribution >= 0.6 is 0 Å². The van der Waals surface area contributed by atoms with Crippen LogP contribution < -0.4 is 20.1 Å². The number of amides is 1. The van der Waals surface area contributed by atoms with Gasteiger partial charge in [0.25, 0.3) is 0 Å². The number of rotatable bonds is 10. The maximum Gasteiger partial charge on any atom is 0.223 e. The van der Waals surface area contributed by atoms with E-state index in [1.807, 2.05) is 54.3 Å². The maximum absolute atomic E-state index is 12.4. The molecule has 2 aromatic rings. The van der Waals surface area contributed by atoms with Crippen LogP contribution in [0.1, 0.15) is 18.9 Å². The Balaban J connectivity index is 1.38. The molecule has 2 atom stereocenters. The first-order valence-electron chi connectivity index (χ1n) is 11.1. The number of hydrogen-bond acceptors (Lipinski definition) is 4. The number of aliphatic imine (C=N–C) groups is 1. The molecule has 1 aliphatic rings. The Hall–Kier alpha value is -3.22. The molecule has 0 spiro atoms. The van der Waals surface area contributed by atoms with Gasteiger partial charge in [0.1, 0.15) is 17.6 Å². The second-order valence-corrected chi connectivity index (χ2v) is 8.09. The minimum atomic E-state index is -0.0535. The minimum absolute atomic E-state index is 0.0535. The van der Waals surface area contributed by atoms with Crippen molar-refractivity contribution >= 4 is 11.9 Å². The van der Waals surface area contributed by atoms with Crippen LogP contribution in [0.3, 0.4) is 0 Å². The number of nitrogens with one attached hydrogen (secondary N) is 2. The van der Waals surface area contributed by atoms with Gasteiger partial charge >= 0.3 is 0 Å². The van der Waals surface area contributed by atoms with E-state index in [9.17, 15) is 4.79 Å². The normalized spacial score (nSPS) is 17.2. The minimum Gasteiger partial charge on any atom is -0.497 e. The van der Waals surface area contributed by atoms with Crippen molar-refractivity contribution in [2.45, 2.75) is 25.9 Å². The first-order valence-corrected chi connectivity index (χ1v) is 11.1. The van der Waals surface area contributed by atoms with Gasteiger partial charge in [-0.3, -0.25) is 9.79 Å². The summed E-state index contributed by atoms with van der Waals surface area (Å²) in [4.78, 5) is 18.6. The van der Waals surface area contributed by atoms with Crippen LogP contribution in [0.15, 0.2) is 59.6 Å². The number of guanidine groups is 1. The quantitative estimate of drug-likeness (QED) is 0.441. The van der Waals surface area contributed by atoms with Crippen molar-refractivity contribution in [2.24, 2.45) is 10.9 Å². The van der Waals surface area contributed by atoms with E-state index in [0.717, 1.165) is 31.0 Å². The number of benzene rings is 2. The molecule has 2 N–H and O–H groups in total. The van der Waals surface area contributed by atoms with E-state index in [1.165, 1.54) is 5.56 Å². The highest BCUT2D eigenvalue weighted by Gasteiger charge is 2.29. The van der Waals surface area contributed by atoms with E-state index in [0.29, 0.717) is 25.5 Å². The second kappa shape index (κ2) is 12.0. The first-order chi connectivity index (χ1) is 15.6. The third-order valence-electron chi connectivity index (χ3n) is 5.53. The molecule has 32 heavy (non-hydrogen) atoms. The largest absolute Gasteiger partial charge is 0.497 e. The van der Waals surface area contributed by atoms with Crippen LogP contribution in [-0.4, -0.2) is 63.2 Å². The van der Waals surface area contributed by atoms with Crippen LogP contribution in [0.25, 0.3) is 0 Å². The molecule has 0 radical (unpaired) electrons. The van der Waals surface area contributed by atoms with Gasteiger partial charge in [-0.1, -0.05) is 36.4 Å². The molecule has 0 saturated carbocycles. The predicted molar refractivity (Wildman–Crippen MR) is 127 cm³/mol. The van der Waals surface area contributed by atoms with Gasteiger partial charge in [0.2, 0.25) is 5.91 Å². The Morgan fingerprint density at radius 2 is 1.94 bits per heavy atom. The number of carbonyl (C=O) groups excluding carboxylic acids is 1. The summed E-state index contributed by atoms with van der Waals surface area (Å²) in [6.07, 6.45) is 1.41. The molecular formula is C25H34N4O3. The van der Waals surface area contributed by atoms with Crippen molar-refractivity contribution in [1.82, 2.24) is 15.5 Å². The lowest BCUT2D eigenvalue weighted by atomic mass is 10.1. The van der Waals surface area contributed by atoms with Gasteiger partial charge in [0.05, 0.1) is 13.7 Å². The highest BCUT2D eigenvalue weighted by molar-refractivity contribution is 5.80. The number of methoxy groups -OCH3 is 1. The van der Waals surface area contributed by atoms with Crippen molar-refractivity contribution in [3.8, 4) is 11.5 Å². The van der Waals surface area contributed by atoms with Crippen molar-refractivity contribution in [2.75, 3.05) is 40.3 Å². The van der Waals surface area contributed by atoms with Crippen molar-refractivity contribution in [3.63, 3.8) is 0 Å². The average molecular weight is 439 g/mol. The lowest BCUT2D eigenvalue weighted by molar-refractivity contribution is -0.127. The van der Waals surface area contributed by atoms with E-state index in [1.54, 1.807) is 14.2 Å². The Bertz CT molecular complexity index is 888. The maximum atomic E-state index is 12.4. The van der Waals surface area contributed by atoms with Gasteiger partial charge in [-0.2, -0.15) is 0 Å².